The van der Waals surface area contributed by atoms with Crippen LogP contribution in [-0.4, -0.2) is 9.78 Å². The van der Waals surface area contributed by atoms with Crippen molar-refractivity contribution in [2.24, 2.45) is 0 Å². The summed E-state index contributed by atoms with van der Waals surface area (Å²) in [4.78, 5) is 0. The number of aromatic nitrogens is 2. The predicted molar refractivity (Wildman–Crippen MR) is 29.3 cm³/mol. The van der Waals surface area contributed by atoms with E-state index in [1.54, 1.807) is 0 Å². The van der Waals surface area contributed by atoms with Gasteiger partial charge in [0.25, 0.3) is 0 Å². The van der Waals surface area contributed by atoms with Gasteiger partial charge in [-0.3, -0.25) is 4.68 Å². The van der Waals surface area contributed by atoms with Gasteiger partial charge in [0, 0.05) is 6.20 Å². The lowest BCUT2D eigenvalue weighted by molar-refractivity contribution is 0.640. The summed E-state index contributed by atoms with van der Waals surface area (Å²) in [6, 6.07) is 2.56. The first-order chi connectivity index (χ1) is 3.97. The van der Waals surface area contributed by atoms with Crippen molar-refractivity contribution in [3.8, 4) is 0 Å². The first kappa shape index (κ1) is 4.13. The number of rotatable bonds is 1. The van der Waals surface area contributed by atoms with Crippen molar-refractivity contribution in [1.29, 1.82) is 0 Å². The zero-order valence-electron chi connectivity index (χ0n) is 4.54. The van der Waals surface area contributed by atoms with Crippen LogP contribution in [0.1, 0.15) is 18.9 Å². The Morgan fingerprint density at radius 3 is 3.00 bits per heavy atom. The Hall–Kier alpha value is -0.790. The second-order valence-electron chi connectivity index (χ2n) is 2.16. The fraction of sp³-hybridized carbons (Fsp3) is 0.500. The molecule has 1 aliphatic rings. The molecule has 2 rings (SSSR count). The van der Waals surface area contributed by atoms with Gasteiger partial charge >= 0.3 is 0 Å². The Morgan fingerprint density at radius 2 is 2.50 bits per heavy atom. The fourth-order valence-electron chi connectivity index (χ4n) is 0.785. The van der Waals surface area contributed by atoms with Crippen LogP contribution < -0.4 is 0 Å². The summed E-state index contributed by atoms with van der Waals surface area (Å²) in [6.45, 7) is 0. The minimum absolute atomic E-state index is 0.709. The molecule has 2 heteroatoms. The maximum atomic E-state index is 3.97. The van der Waals surface area contributed by atoms with Gasteiger partial charge in [0.15, 0.2) is 0 Å². The zero-order valence-corrected chi connectivity index (χ0v) is 4.54. The molecule has 0 aromatic carbocycles. The smallest absolute Gasteiger partial charge is 0.113 e. The molecular weight excluding hydrogens is 100 g/mol. The van der Waals surface area contributed by atoms with Crippen LogP contribution in [0, 0.1) is 6.20 Å². The fourth-order valence-corrected chi connectivity index (χ4v) is 0.785. The largest absolute Gasteiger partial charge is 0.269 e. The van der Waals surface area contributed by atoms with Gasteiger partial charge < -0.3 is 0 Å². The molecule has 1 saturated carbocycles. The average molecular weight is 107 g/mol. The van der Waals surface area contributed by atoms with Crippen LogP contribution in [0.3, 0.4) is 0 Å². The van der Waals surface area contributed by atoms with Gasteiger partial charge in [-0.15, -0.1) is 0 Å². The minimum atomic E-state index is 0.709. The molecule has 1 aromatic rings. The van der Waals surface area contributed by atoms with E-state index < -0.39 is 0 Å². The van der Waals surface area contributed by atoms with Crippen LogP contribution in [0.2, 0.25) is 0 Å². The number of nitrogens with zero attached hydrogens (tertiary/aromatic N) is 2. The molecule has 2 nitrogen and oxygen atoms in total. The highest BCUT2D eigenvalue weighted by molar-refractivity contribution is 4.85. The Labute approximate surface area is 48.1 Å². The van der Waals surface area contributed by atoms with E-state index in [0.29, 0.717) is 6.04 Å². The van der Waals surface area contributed by atoms with E-state index in [1.165, 1.54) is 12.8 Å². The normalized spacial score (nSPS) is 19.0. The van der Waals surface area contributed by atoms with E-state index in [9.17, 15) is 0 Å². The Kier molecular flexibility index (Phi) is 0.692. The first-order valence-corrected chi connectivity index (χ1v) is 2.88. The third-order valence-corrected chi connectivity index (χ3v) is 1.40. The van der Waals surface area contributed by atoms with Crippen molar-refractivity contribution in [1.82, 2.24) is 9.78 Å². The summed E-state index contributed by atoms with van der Waals surface area (Å²) in [7, 11) is 0. The quantitative estimate of drug-likeness (QED) is 0.524. The molecule has 1 aliphatic carbocycles. The molecule has 8 heavy (non-hydrogen) atoms. The van der Waals surface area contributed by atoms with Crippen molar-refractivity contribution >= 4 is 0 Å². The standard InChI is InChI=1S/C6H7N2/c1-4-7-8(5-1)6-2-3-6/h1,5-6H,2-3H2. The number of hydrogen-bond donors (Lipinski definition) is 0. The lowest BCUT2D eigenvalue weighted by atomic mass is 10.7. The Morgan fingerprint density at radius 1 is 1.62 bits per heavy atom. The molecule has 0 amide bonds. The third kappa shape index (κ3) is 0.529. The Balaban J connectivity index is 2.28. The third-order valence-electron chi connectivity index (χ3n) is 1.40. The van der Waals surface area contributed by atoms with E-state index in [0.717, 1.165) is 0 Å². The Bertz CT molecular complexity index is 163. The molecule has 0 atom stereocenters. The summed E-state index contributed by atoms with van der Waals surface area (Å²) in [6.07, 6.45) is 7.34. The van der Waals surface area contributed by atoms with Gasteiger partial charge in [0.1, 0.15) is 6.20 Å². The maximum Gasteiger partial charge on any atom is 0.113 e. The van der Waals surface area contributed by atoms with Crippen molar-refractivity contribution in [3.63, 3.8) is 0 Å². The van der Waals surface area contributed by atoms with Gasteiger partial charge in [-0.05, 0) is 18.9 Å². The average Bonchev–Trinajstić information content (AvgIpc) is 2.49. The van der Waals surface area contributed by atoms with Crippen LogP contribution in [0.4, 0.5) is 0 Å². The molecule has 0 saturated heterocycles. The molecule has 1 fully saturated rings. The van der Waals surface area contributed by atoms with Gasteiger partial charge in [-0.25, -0.2) is 0 Å². The predicted octanol–water partition coefficient (Wildman–Crippen LogP) is 1.02. The summed E-state index contributed by atoms with van der Waals surface area (Å²) >= 11 is 0. The lowest BCUT2D eigenvalue weighted by Gasteiger charge is -1.90. The first-order valence-electron chi connectivity index (χ1n) is 2.88. The second-order valence-corrected chi connectivity index (χ2v) is 2.16. The molecule has 1 radical (unpaired) electrons. The molecule has 1 aromatic heterocycles. The van der Waals surface area contributed by atoms with Gasteiger partial charge in [-0.2, -0.15) is 5.10 Å². The van der Waals surface area contributed by atoms with E-state index in [1.807, 2.05) is 16.9 Å². The van der Waals surface area contributed by atoms with E-state index in [-0.39, 0.29) is 0 Å². The highest BCUT2D eigenvalue weighted by atomic mass is 15.3. The summed E-state index contributed by atoms with van der Waals surface area (Å²) in [5.41, 5.74) is 0. The van der Waals surface area contributed by atoms with Gasteiger partial charge in [0.2, 0.25) is 0 Å². The molecule has 0 unspecified atom stereocenters. The second kappa shape index (κ2) is 1.34. The van der Waals surface area contributed by atoms with E-state index >= 15 is 0 Å². The molecule has 0 spiro atoms. The molecular formula is C6H7N2. The molecule has 1 heterocycles. The molecule has 0 bridgehead atoms. The highest BCUT2D eigenvalue weighted by Gasteiger charge is 2.22. The van der Waals surface area contributed by atoms with E-state index in [2.05, 4.69) is 11.3 Å². The lowest BCUT2D eigenvalue weighted by Crippen LogP contribution is -1.91. The molecule has 0 N–H and O–H groups in total. The van der Waals surface area contributed by atoms with Crippen LogP contribution in [0.5, 0.6) is 0 Å². The monoisotopic (exact) mass is 107 g/mol. The zero-order chi connectivity index (χ0) is 5.40. The van der Waals surface area contributed by atoms with E-state index in [4.69, 9.17) is 0 Å². The SMILES string of the molecule is [c]1ccn(C2CC2)n1. The topological polar surface area (TPSA) is 17.8 Å². The molecule has 41 valence electrons. The summed E-state index contributed by atoms with van der Waals surface area (Å²) in [5.74, 6) is 0. The van der Waals surface area contributed by atoms with Crippen LogP contribution in [-0.2, 0) is 0 Å². The molecule has 0 aliphatic heterocycles. The maximum absolute atomic E-state index is 3.97. The van der Waals surface area contributed by atoms with Crippen LogP contribution in [0.25, 0.3) is 0 Å². The van der Waals surface area contributed by atoms with Crippen LogP contribution in [0.15, 0.2) is 12.3 Å². The van der Waals surface area contributed by atoms with Gasteiger partial charge in [-0.1, -0.05) is 0 Å². The summed E-state index contributed by atoms with van der Waals surface area (Å²) < 4.78 is 1.97. The summed E-state index contributed by atoms with van der Waals surface area (Å²) in [5, 5.41) is 3.97. The van der Waals surface area contributed by atoms with Crippen molar-refractivity contribution < 1.29 is 0 Å². The van der Waals surface area contributed by atoms with Crippen molar-refractivity contribution in [3.05, 3.63) is 18.5 Å². The van der Waals surface area contributed by atoms with Gasteiger partial charge in [0.05, 0.1) is 6.04 Å². The van der Waals surface area contributed by atoms with Crippen molar-refractivity contribution in [2.75, 3.05) is 0 Å². The minimum Gasteiger partial charge on any atom is -0.269 e. The number of hydrogen-bond acceptors (Lipinski definition) is 1. The van der Waals surface area contributed by atoms with Crippen LogP contribution >= 0.6 is 0 Å². The van der Waals surface area contributed by atoms with Crippen molar-refractivity contribution in [2.45, 2.75) is 18.9 Å². The highest BCUT2D eigenvalue weighted by Crippen LogP contribution is 2.33.